The number of ether oxygens (including phenoxy) is 1. The van der Waals surface area contributed by atoms with Crippen molar-refractivity contribution in [2.24, 2.45) is 0 Å². The average Bonchev–Trinajstić information content (AvgIpc) is 2.40. The Kier molecular flexibility index (Phi) is 4.15. The Balaban J connectivity index is 2.06. The van der Waals surface area contributed by atoms with Crippen molar-refractivity contribution in [3.63, 3.8) is 0 Å². The van der Waals surface area contributed by atoms with Gasteiger partial charge in [0.25, 0.3) is 0 Å². The highest BCUT2D eigenvalue weighted by atomic mass is 79.9. The molecule has 0 aliphatic heterocycles. The second kappa shape index (κ2) is 5.82. The summed E-state index contributed by atoms with van der Waals surface area (Å²) in [5.74, 6) is 0.886. The van der Waals surface area contributed by atoms with Gasteiger partial charge in [0.15, 0.2) is 0 Å². The number of benzene rings is 1. The van der Waals surface area contributed by atoms with E-state index in [-0.39, 0.29) is 0 Å². The maximum Gasteiger partial charge on any atom is 0.118 e. The first kappa shape index (κ1) is 12.1. The third-order valence-corrected chi connectivity index (χ3v) is 3.49. The molecule has 0 amide bonds. The summed E-state index contributed by atoms with van der Waals surface area (Å²) in [6.45, 7) is 0. The minimum atomic E-state index is 0.316. The first-order chi connectivity index (χ1) is 8.29. The van der Waals surface area contributed by atoms with Crippen LogP contribution in [0.2, 0.25) is 0 Å². The Labute approximate surface area is 110 Å². The van der Waals surface area contributed by atoms with Crippen LogP contribution in [-0.2, 0) is 6.42 Å². The van der Waals surface area contributed by atoms with Crippen LogP contribution in [0, 0.1) is 0 Å². The van der Waals surface area contributed by atoms with Crippen LogP contribution in [-0.4, -0.2) is 12.1 Å². The zero-order valence-electron chi connectivity index (χ0n) is 9.64. The van der Waals surface area contributed by atoms with E-state index in [0.717, 1.165) is 12.2 Å². The minimum absolute atomic E-state index is 0.316. The molecule has 0 aliphatic rings. The fourth-order valence-electron chi connectivity index (χ4n) is 1.66. The summed E-state index contributed by atoms with van der Waals surface area (Å²) in [5.41, 5.74) is 2.53. The van der Waals surface area contributed by atoms with Crippen molar-refractivity contribution in [1.29, 1.82) is 0 Å². The van der Waals surface area contributed by atoms with E-state index in [1.165, 1.54) is 11.1 Å². The number of hydrogen-bond acceptors (Lipinski definition) is 2. The quantitative estimate of drug-likeness (QED) is 0.800. The molecular formula is C14H14BrNO. The van der Waals surface area contributed by atoms with Gasteiger partial charge in [-0.05, 0) is 41.8 Å². The van der Waals surface area contributed by atoms with Crippen molar-refractivity contribution < 1.29 is 4.74 Å². The number of halogens is 1. The van der Waals surface area contributed by atoms with Gasteiger partial charge in [0.2, 0.25) is 0 Å². The molecule has 0 aliphatic carbocycles. The van der Waals surface area contributed by atoms with Gasteiger partial charge in [0, 0.05) is 17.2 Å². The Morgan fingerprint density at radius 2 is 1.76 bits per heavy atom. The topological polar surface area (TPSA) is 22.1 Å². The van der Waals surface area contributed by atoms with Gasteiger partial charge < -0.3 is 4.74 Å². The van der Waals surface area contributed by atoms with E-state index in [0.29, 0.717) is 4.83 Å². The zero-order chi connectivity index (χ0) is 12.1. The van der Waals surface area contributed by atoms with E-state index in [1.807, 2.05) is 36.7 Å². The minimum Gasteiger partial charge on any atom is -0.497 e. The fraction of sp³-hybridized carbons (Fsp3) is 0.214. The van der Waals surface area contributed by atoms with Gasteiger partial charge in [-0.3, -0.25) is 4.98 Å². The van der Waals surface area contributed by atoms with Crippen LogP contribution in [0.5, 0.6) is 5.75 Å². The van der Waals surface area contributed by atoms with Gasteiger partial charge in [-0.15, -0.1) is 0 Å². The van der Waals surface area contributed by atoms with Crippen molar-refractivity contribution >= 4 is 15.9 Å². The second-order valence-corrected chi connectivity index (χ2v) is 4.91. The number of methoxy groups -OCH3 is 1. The van der Waals surface area contributed by atoms with Crippen LogP contribution in [0.4, 0.5) is 0 Å². The molecule has 0 radical (unpaired) electrons. The maximum absolute atomic E-state index is 5.14. The normalized spacial score (nSPS) is 12.1. The Hall–Kier alpha value is -1.35. The summed E-state index contributed by atoms with van der Waals surface area (Å²) < 4.78 is 5.14. The van der Waals surface area contributed by atoms with Gasteiger partial charge in [-0.25, -0.2) is 0 Å². The molecule has 2 aromatic rings. The molecule has 1 aromatic heterocycles. The highest BCUT2D eigenvalue weighted by Gasteiger charge is 2.08. The number of alkyl halides is 1. The van der Waals surface area contributed by atoms with Crippen LogP contribution in [0.1, 0.15) is 16.0 Å². The fourth-order valence-corrected chi connectivity index (χ4v) is 2.34. The SMILES string of the molecule is COc1ccc(C(Br)Cc2ccncc2)cc1. The third kappa shape index (κ3) is 3.30. The molecule has 88 valence electrons. The molecule has 0 fully saturated rings. The molecule has 1 unspecified atom stereocenters. The molecule has 0 saturated carbocycles. The summed E-state index contributed by atoms with van der Waals surface area (Å²) >= 11 is 3.71. The van der Waals surface area contributed by atoms with Crippen LogP contribution < -0.4 is 4.74 Å². The molecular weight excluding hydrogens is 278 g/mol. The average molecular weight is 292 g/mol. The summed E-state index contributed by atoms with van der Waals surface area (Å²) in [5, 5.41) is 0. The van der Waals surface area contributed by atoms with E-state index in [4.69, 9.17) is 4.74 Å². The molecule has 0 N–H and O–H groups in total. The number of hydrogen-bond donors (Lipinski definition) is 0. The first-order valence-corrected chi connectivity index (χ1v) is 6.38. The molecule has 17 heavy (non-hydrogen) atoms. The van der Waals surface area contributed by atoms with Gasteiger partial charge in [0.1, 0.15) is 5.75 Å². The number of rotatable bonds is 4. The van der Waals surface area contributed by atoms with E-state index in [9.17, 15) is 0 Å². The summed E-state index contributed by atoms with van der Waals surface area (Å²) in [4.78, 5) is 4.33. The zero-order valence-corrected chi connectivity index (χ0v) is 11.2. The Morgan fingerprint density at radius 1 is 1.12 bits per heavy atom. The smallest absolute Gasteiger partial charge is 0.118 e. The second-order valence-electron chi connectivity index (χ2n) is 3.80. The number of nitrogens with zero attached hydrogens (tertiary/aromatic N) is 1. The highest BCUT2D eigenvalue weighted by Crippen LogP contribution is 2.28. The molecule has 0 spiro atoms. The van der Waals surface area contributed by atoms with E-state index in [2.05, 4.69) is 33.0 Å². The Bertz CT molecular complexity index is 455. The predicted molar refractivity (Wildman–Crippen MR) is 72.6 cm³/mol. The monoisotopic (exact) mass is 291 g/mol. The highest BCUT2D eigenvalue weighted by molar-refractivity contribution is 9.09. The van der Waals surface area contributed by atoms with Gasteiger partial charge in [-0.2, -0.15) is 0 Å². The lowest BCUT2D eigenvalue weighted by Crippen LogP contribution is -1.95. The molecule has 2 nitrogen and oxygen atoms in total. The van der Waals surface area contributed by atoms with Crippen molar-refractivity contribution in [1.82, 2.24) is 4.98 Å². The summed E-state index contributed by atoms with van der Waals surface area (Å²) in [6, 6.07) is 12.2. The standard InChI is InChI=1S/C14H14BrNO/c1-17-13-4-2-12(3-5-13)14(15)10-11-6-8-16-9-7-11/h2-9,14H,10H2,1H3. The number of aromatic nitrogens is 1. The summed E-state index contributed by atoms with van der Waals surface area (Å²) in [7, 11) is 1.68. The summed E-state index contributed by atoms with van der Waals surface area (Å²) in [6.07, 6.45) is 4.60. The van der Waals surface area contributed by atoms with Crippen molar-refractivity contribution in [2.45, 2.75) is 11.2 Å². The lowest BCUT2D eigenvalue weighted by molar-refractivity contribution is 0.414. The molecule has 0 bridgehead atoms. The van der Waals surface area contributed by atoms with Crippen molar-refractivity contribution in [2.75, 3.05) is 7.11 Å². The van der Waals surface area contributed by atoms with Crippen LogP contribution in [0.15, 0.2) is 48.8 Å². The van der Waals surface area contributed by atoms with E-state index < -0.39 is 0 Å². The maximum atomic E-state index is 5.14. The van der Waals surface area contributed by atoms with E-state index >= 15 is 0 Å². The van der Waals surface area contributed by atoms with Gasteiger partial charge in [-0.1, -0.05) is 28.1 Å². The largest absolute Gasteiger partial charge is 0.497 e. The number of pyridine rings is 1. The molecule has 0 saturated heterocycles. The lowest BCUT2D eigenvalue weighted by Gasteiger charge is -2.10. The molecule has 1 atom stereocenters. The Morgan fingerprint density at radius 3 is 2.35 bits per heavy atom. The van der Waals surface area contributed by atoms with Crippen LogP contribution in [0.25, 0.3) is 0 Å². The first-order valence-electron chi connectivity index (χ1n) is 5.46. The van der Waals surface area contributed by atoms with Crippen molar-refractivity contribution in [3.05, 3.63) is 59.9 Å². The third-order valence-electron chi connectivity index (χ3n) is 2.64. The van der Waals surface area contributed by atoms with Gasteiger partial charge in [0.05, 0.1) is 7.11 Å². The molecule has 1 heterocycles. The van der Waals surface area contributed by atoms with Crippen LogP contribution in [0.3, 0.4) is 0 Å². The predicted octanol–water partition coefficient (Wildman–Crippen LogP) is 3.77. The molecule has 2 rings (SSSR count). The lowest BCUT2D eigenvalue weighted by atomic mass is 10.1. The molecule has 1 aromatic carbocycles. The molecule has 3 heteroatoms. The van der Waals surface area contributed by atoms with Crippen molar-refractivity contribution in [3.8, 4) is 5.75 Å². The van der Waals surface area contributed by atoms with E-state index in [1.54, 1.807) is 7.11 Å². The van der Waals surface area contributed by atoms with Gasteiger partial charge >= 0.3 is 0 Å². The van der Waals surface area contributed by atoms with Crippen LogP contribution >= 0.6 is 15.9 Å².